The number of hydrogen-bond donors (Lipinski definition) is 1. The van der Waals surface area contributed by atoms with Gasteiger partial charge in [-0.2, -0.15) is 0 Å². The van der Waals surface area contributed by atoms with Crippen LogP contribution in [-0.2, 0) is 16.0 Å². The molecule has 0 aromatic heterocycles. The minimum absolute atomic E-state index is 0.0389. The van der Waals surface area contributed by atoms with Crippen molar-refractivity contribution in [1.82, 2.24) is 10.2 Å². The van der Waals surface area contributed by atoms with Crippen molar-refractivity contribution < 1.29 is 23.9 Å². The molecule has 1 fully saturated rings. The Morgan fingerprint density at radius 1 is 1.12 bits per heavy atom. The van der Waals surface area contributed by atoms with Gasteiger partial charge in [0.05, 0.1) is 25.5 Å². The summed E-state index contributed by atoms with van der Waals surface area (Å²) in [5, 5.41) is 2.89. The third-order valence-corrected chi connectivity index (χ3v) is 6.25. The topological polar surface area (TPSA) is 88.2 Å². The van der Waals surface area contributed by atoms with Gasteiger partial charge in [0.2, 0.25) is 11.8 Å². The van der Waals surface area contributed by atoms with Gasteiger partial charge in [0.25, 0.3) is 5.91 Å². The molecule has 2 heterocycles. The fourth-order valence-electron chi connectivity index (χ4n) is 4.55. The largest absolute Gasteiger partial charge is 0.497 e. The third-order valence-electron chi connectivity index (χ3n) is 6.25. The highest BCUT2D eigenvalue weighted by Gasteiger charge is 2.53. The van der Waals surface area contributed by atoms with Crippen LogP contribution in [0.15, 0.2) is 42.5 Å². The molecule has 2 aromatic rings. The van der Waals surface area contributed by atoms with Crippen molar-refractivity contribution in [2.45, 2.75) is 31.8 Å². The highest BCUT2D eigenvalue weighted by Crippen LogP contribution is 2.43. The van der Waals surface area contributed by atoms with E-state index < -0.39 is 5.66 Å². The Morgan fingerprint density at radius 2 is 1.91 bits per heavy atom. The van der Waals surface area contributed by atoms with Gasteiger partial charge in [-0.3, -0.25) is 19.3 Å². The first-order valence-corrected chi connectivity index (χ1v) is 10.6. The van der Waals surface area contributed by atoms with Crippen LogP contribution in [0.25, 0.3) is 0 Å². The van der Waals surface area contributed by atoms with Crippen LogP contribution in [0.1, 0.15) is 35.7 Å². The van der Waals surface area contributed by atoms with Gasteiger partial charge in [-0.1, -0.05) is 12.1 Å². The van der Waals surface area contributed by atoms with Crippen molar-refractivity contribution in [3.8, 4) is 11.5 Å². The summed E-state index contributed by atoms with van der Waals surface area (Å²) < 4.78 is 10.6. The van der Waals surface area contributed by atoms with Crippen molar-refractivity contribution in [1.29, 1.82) is 0 Å². The Hall–Kier alpha value is -3.55. The first-order chi connectivity index (χ1) is 15.4. The van der Waals surface area contributed by atoms with Gasteiger partial charge in [0.1, 0.15) is 23.7 Å². The van der Waals surface area contributed by atoms with E-state index >= 15 is 0 Å². The van der Waals surface area contributed by atoms with Crippen LogP contribution >= 0.6 is 0 Å². The van der Waals surface area contributed by atoms with Gasteiger partial charge in [0, 0.05) is 13.0 Å². The second-order valence-corrected chi connectivity index (χ2v) is 8.13. The lowest BCUT2D eigenvalue weighted by Gasteiger charge is -2.48. The zero-order valence-corrected chi connectivity index (χ0v) is 18.5. The molecule has 1 atom stereocenters. The number of para-hydroxylation sites is 1. The molecule has 1 unspecified atom stereocenters. The van der Waals surface area contributed by atoms with E-state index in [2.05, 4.69) is 5.32 Å². The number of fused-ring (bicyclic) bond motifs is 3. The summed E-state index contributed by atoms with van der Waals surface area (Å²) in [5.74, 6) is 0.876. The van der Waals surface area contributed by atoms with Gasteiger partial charge < -0.3 is 19.7 Å². The minimum Gasteiger partial charge on any atom is -0.497 e. The average Bonchev–Trinajstić information content (AvgIpc) is 3.11. The number of ether oxygens (including phenoxy) is 2. The van der Waals surface area contributed by atoms with Crippen molar-refractivity contribution in [3.05, 3.63) is 53.6 Å². The number of hydrogen-bond acceptors (Lipinski definition) is 5. The summed E-state index contributed by atoms with van der Waals surface area (Å²) in [6.07, 6.45) is 1.37. The molecule has 2 aliphatic rings. The first-order valence-electron chi connectivity index (χ1n) is 10.6. The maximum atomic E-state index is 13.2. The lowest BCUT2D eigenvalue weighted by atomic mass is 9.98. The van der Waals surface area contributed by atoms with Crippen molar-refractivity contribution in [2.24, 2.45) is 0 Å². The highest BCUT2D eigenvalue weighted by atomic mass is 16.5. The molecule has 8 nitrogen and oxygen atoms in total. The van der Waals surface area contributed by atoms with Gasteiger partial charge in [-0.15, -0.1) is 0 Å². The number of rotatable bonds is 7. The van der Waals surface area contributed by atoms with Crippen molar-refractivity contribution in [2.75, 3.05) is 32.2 Å². The monoisotopic (exact) mass is 437 g/mol. The molecule has 0 radical (unpaired) electrons. The number of nitrogens with one attached hydrogen (secondary N) is 1. The fourth-order valence-corrected chi connectivity index (χ4v) is 4.55. The second-order valence-electron chi connectivity index (χ2n) is 8.13. The molecule has 32 heavy (non-hydrogen) atoms. The molecule has 3 amide bonds. The van der Waals surface area contributed by atoms with Crippen LogP contribution in [0.5, 0.6) is 11.5 Å². The second kappa shape index (κ2) is 8.53. The van der Waals surface area contributed by atoms with E-state index in [9.17, 15) is 14.4 Å². The van der Waals surface area contributed by atoms with E-state index in [0.717, 1.165) is 11.3 Å². The molecule has 2 aromatic carbocycles. The Bertz CT molecular complexity index is 1070. The number of methoxy groups -OCH3 is 2. The predicted molar refractivity (Wildman–Crippen MR) is 119 cm³/mol. The molecular weight excluding hydrogens is 410 g/mol. The Labute approximate surface area is 187 Å². The van der Waals surface area contributed by atoms with E-state index in [4.69, 9.17) is 9.47 Å². The minimum atomic E-state index is -0.851. The van der Waals surface area contributed by atoms with E-state index in [1.807, 2.05) is 31.2 Å². The molecule has 2 aliphatic heterocycles. The molecule has 0 aliphatic carbocycles. The zero-order chi connectivity index (χ0) is 22.9. The summed E-state index contributed by atoms with van der Waals surface area (Å²) in [5.41, 5.74) is 1.11. The normalized spacial score (nSPS) is 19.5. The van der Waals surface area contributed by atoms with Gasteiger partial charge in [-0.25, -0.2) is 0 Å². The van der Waals surface area contributed by atoms with Crippen LogP contribution in [0.4, 0.5) is 5.69 Å². The summed E-state index contributed by atoms with van der Waals surface area (Å²) in [4.78, 5) is 41.8. The van der Waals surface area contributed by atoms with E-state index in [-0.39, 0.29) is 24.3 Å². The van der Waals surface area contributed by atoms with E-state index in [1.165, 1.54) is 4.90 Å². The van der Waals surface area contributed by atoms with Crippen LogP contribution in [0.2, 0.25) is 0 Å². The van der Waals surface area contributed by atoms with E-state index in [0.29, 0.717) is 42.8 Å². The van der Waals surface area contributed by atoms with Gasteiger partial charge >= 0.3 is 0 Å². The maximum Gasteiger partial charge on any atom is 0.258 e. The number of nitrogens with zero attached hydrogens (tertiary/aromatic N) is 2. The third kappa shape index (κ3) is 3.66. The SMILES string of the molecule is COc1ccc(OC)c(CCNC(=O)CN2C(=O)c3ccccc3N3C(=O)CCC23C)c1. The average molecular weight is 437 g/mol. The molecule has 168 valence electrons. The highest BCUT2D eigenvalue weighted by molar-refractivity contribution is 6.11. The van der Waals surface area contributed by atoms with Gasteiger partial charge in [0.15, 0.2) is 0 Å². The lowest BCUT2D eigenvalue weighted by molar-refractivity contribution is -0.123. The number of amides is 3. The van der Waals surface area contributed by atoms with Crippen molar-refractivity contribution in [3.63, 3.8) is 0 Å². The van der Waals surface area contributed by atoms with Crippen molar-refractivity contribution >= 4 is 23.4 Å². The standard InChI is InChI=1S/C24H27N3O5/c1-24-12-10-22(29)27(24)19-7-5-4-6-18(19)23(30)26(24)15-21(28)25-13-11-16-14-17(31-2)8-9-20(16)32-3/h4-9,14H,10-13,15H2,1-3H3,(H,25,28). The number of carbonyl (C=O) groups is 3. The molecule has 0 saturated carbocycles. The summed E-state index contributed by atoms with van der Waals surface area (Å²) in [6.45, 7) is 2.10. The molecule has 0 spiro atoms. The molecule has 4 rings (SSSR count). The summed E-state index contributed by atoms with van der Waals surface area (Å²) in [7, 11) is 3.19. The van der Waals surface area contributed by atoms with Crippen LogP contribution < -0.4 is 19.7 Å². The first kappa shape index (κ1) is 21.7. The van der Waals surface area contributed by atoms with Gasteiger partial charge in [-0.05, 0) is 55.7 Å². The van der Waals surface area contributed by atoms with Crippen LogP contribution in [0, 0.1) is 0 Å². The van der Waals surface area contributed by atoms with Crippen LogP contribution in [-0.4, -0.2) is 55.6 Å². The van der Waals surface area contributed by atoms with E-state index in [1.54, 1.807) is 37.3 Å². The molecule has 0 bridgehead atoms. The summed E-state index contributed by atoms with van der Waals surface area (Å²) in [6, 6.07) is 12.6. The molecule has 8 heteroatoms. The molecule has 1 N–H and O–H groups in total. The smallest absolute Gasteiger partial charge is 0.258 e. The quantitative estimate of drug-likeness (QED) is 0.719. The number of carbonyl (C=O) groups excluding carboxylic acids is 3. The number of anilines is 1. The zero-order valence-electron chi connectivity index (χ0n) is 18.5. The lowest BCUT2D eigenvalue weighted by Crippen LogP contribution is -2.63. The number of benzene rings is 2. The Balaban J connectivity index is 1.47. The Kier molecular flexibility index (Phi) is 5.78. The van der Waals surface area contributed by atoms with Crippen LogP contribution in [0.3, 0.4) is 0 Å². The fraction of sp³-hybridized carbons (Fsp3) is 0.375. The predicted octanol–water partition coefficient (Wildman–Crippen LogP) is 2.36. The Morgan fingerprint density at radius 3 is 2.66 bits per heavy atom. The maximum absolute atomic E-state index is 13.2. The molecular formula is C24H27N3O5. The molecule has 1 saturated heterocycles. The summed E-state index contributed by atoms with van der Waals surface area (Å²) >= 11 is 0.